The van der Waals surface area contributed by atoms with Crippen molar-refractivity contribution < 1.29 is 14.4 Å². The lowest BCUT2D eigenvalue weighted by molar-refractivity contribution is -0.136. The molecule has 0 aliphatic carbocycles. The summed E-state index contributed by atoms with van der Waals surface area (Å²) in [6.07, 6.45) is 4.33. The predicted octanol–water partition coefficient (Wildman–Crippen LogP) is 0.679. The molecule has 144 valence electrons. The Morgan fingerprint density at radius 2 is 2.04 bits per heavy atom. The van der Waals surface area contributed by atoms with Crippen LogP contribution >= 0.6 is 0 Å². The van der Waals surface area contributed by atoms with Crippen LogP contribution in [0.25, 0.3) is 0 Å². The van der Waals surface area contributed by atoms with E-state index in [-0.39, 0.29) is 24.1 Å². The van der Waals surface area contributed by atoms with Gasteiger partial charge in [-0.25, -0.2) is 0 Å². The normalized spacial score (nSPS) is 25.9. The Bertz CT molecular complexity index is 756. The van der Waals surface area contributed by atoms with Gasteiger partial charge in [0.05, 0.1) is 0 Å². The van der Waals surface area contributed by atoms with Gasteiger partial charge in [-0.3, -0.25) is 19.7 Å². The number of fused-ring (bicyclic) bond motifs is 1. The molecule has 0 bridgehead atoms. The van der Waals surface area contributed by atoms with Crippen LogP contribution in [0.1, 0.15) is 53.6 Å². The standard InChI is InChI=1S/C20H26N4O3/c25-18-7-6-17(19(26)23-18)24-12-14-9-13(4-5-16(14)20(24)27)10-22-15-3-1-2-8-21-11-15/h4-5,9,15,17,21-22H,1-3,6-8,10-12H2,(H,23,25,26). The van der Waals surface area contributed by atoms with Crippen LogP contribution in [0.4, 0.5) is 0 Å². The van der Waals surface area contributed by atoms with Crippen LogP contribution < -0.4 is 16.0 Å². The highest BCUT2D eigenvalue weighted by atomic mass is 16.2. The van der Waals surface area contributed by atoms with Gasteiger partial charge >= 0.3 is 0 Å². The topological polar surface area (TPSA) is 90.5 Å². The predicted molar refractivity (Wildman–Crippen MR) is 99.8 cm³/mol. The molecule has 4 rings (SSSR count). The van der Waals surface area contributed by atoms with Crippen LogP contribution in [0.2, 0.25) is 0 Å². The Kier molecular flexibility index (Phi) is 5.22. The third-order valence-corrected chi connectivity index (χ3v) is 5.73. The fourth-order valence-corrected chi connectivity index (χ4v) is 4.19. The molecule has 2 unspecified atom stereocenters. The second-order valence-electron chi connectivity index (χ2n) is 7.67. The van der Waals surface area contributed by atoms with E-state index in [1.807, 2.05) is 12.1 Å². The summed E-state index contributed by atoms with van der Waals surface area (Å²) in [5.41, 5.74) is 2.78. The number of nitrogens with one attached hydrogen (secondary N) is 3. The minimum absolute atomic E-state index is 0.119. The van der Waals surface area contributed by atoms with Crippen LogP contribution in [0.15, 0.2) is 18.2 Å². The van der Waals surface area contributed by atoms with Crippen molar-refractivity contribution >= 4 is 17.7 Å². The smallest absolute Gasteiger partial charge is 0.255 e. The Hall–Kier alpha value is -2.25. The zero-order valence-corrected chi connectivity index (χ0v) is 15.4. The maximum absolute atomic E-state index is 12.7. The van der Waals surface area contributed by atoms with Gasteiger partial charge in [-0.15, -0.1) is 0 Å². The second-order valence-corrected chi connectivity index (χ2v) is 7.67. The molecule has 3 amide bonds. The summed E-state index contributed by atoms with van der Waals surface area (Å²) in [4.78, 5) is 37.8. The van der Waals surface area contributed by atoms with Crippen LogP contribution in [0.5, 0.6) is 0 Å². The summed E-state index contributed by atoms with van der Waals surface area (Å²) in [5, 5.41) is 9.40. The number of benzene rings is 1. The molecular formula is C20H26N4O3. The van der Waals surface area contributed by atoms with Crippen molar-refractivity contribution in [3.8, 4) is 0 Å². The molecule has 2 saturated heterocycles. The molecule has 1 aromatic rings. The van der Waals surface area contributed by atoms with Crippen molar-refractivity contribution in [1.29, 1.82) is 0 Å². The highest BCUT2D eigenvalue weighted by Gasteiger charge is 2.39. The first-order valence-corrected chi connectivity index (χ1v) is 9.82. The minimum atomic E-state index is -0.554. The van der Waals surface area contributed by atoms with Gasteiger partial charge in [-0.1, -0.05) is 18.6 Å². The van der Waals surface area contributed by atoms with E-state index in [1.165, 1.54) is 19.3 Å². The van der Waals surface area contributed by atoms with Crippen molar-refractivity contribution in [3.05, 3.63) is 34.9 Å². The minimum Gasteiger partial charge on any atom is -0.322 e. The number of carbonyl (C=O) groups is 3. The van der Waals surface area contributed by atoms with Gasteiger partial charge in [-0.2, -0.15) is 0 Å². The Morgan fingerprint density at radius 3 is 2.89 bits per heavy atom. The lowest BCUT2D eigenvalue weighted by atomic mass is 10.0. The van der Waals surface area contributed by atoms with Gasteiger partial charge in [0.2, 0.25) is 11.8 Å². The highest BCUT2D eigenvalue weighted by molar-refractivity contribution is 6.05. The molecule has 3 N–H and O–H groups in total. The third kappa shape index (κ3) is 3.89. The van der Waals surface area contributed by atoms with E-state index in [9.17, 15) is 14.4 Å². The van der Waals surface area contributed by atoms with Crippen molar-refractivity contribution in [3.63, 3.8) is 0 Å². The number of rotatable bonds is 4. The summed E-state index contributed by atoms with van der Waals surface area (Å²) >= 11 is 0. The van der Waals surface area contributed by atoms with E-state index in [4.69, 9.17) is 0 Å². The number of carbonyl (C=O) groups excluding carboxylic acids is 3. The van der Waals surface area contributed by atoms with Crippen molar-refractivity contribution in [2.75, 3.05) is 13.1 Å². The molecule has 3 aliphatic rings. The maximum atomic E-state index is 12.7. The van der Waals surface area contributed by atoms with Gasteiger partial charge in [0.1, 0.15) is 6.04 Å². The molecule has 0 saturated carbocycles. The fourth-order valence-electron chi connectivity index (χ4n) is 4.19. The molecule has 2 fully saturated rings. The molecule has 27 heavy (non-hydrogen) atoms. The fraction of sp³-hybridized carbons (Fsp3) is 0.550. The molecule has 7 heteroatoms. The summed E-state index contributed by atoms with van der Waals surface area (Å²) < 4.78 is 0. The van der Waals surface area contributed by atoms with E-state index < -0.39 is 6.04 Å². The molecule has 7 nitrogen and oxygen atoms in total. The lowest BCUT2D eigenvalue weighted by Crippen LogP contribution is -2.52. The average molecular weight is 370 g/mol. The number of piperidine rings is 1. The number of amides is 3. The molecule has 2 atom stereocenters. The molecule has 0 aromatic heterocycles. The summed E-state index contributed by atoms with van der Waals surface area (Å²) in [5.74, 6) is -0.746. The molecule has 3 aliphatic heterocycles. The molecule has 0 spiro atoms. The molecular weight excluding hydrogens is 344 g/mol. The molecule has 3 heterocycles. The van der Waals surface area contributed by atoms with Crippen LogP contribution in [0, 0.1) is 0 Å². The van der Waals surface area contributed by atoms with E-state index in [1.54, 1.807) is 4.90 Å². The van der Waals surface area contributed by atoms with Gasteiger partial charge in [0, 0.05) is 37.7 Å². The van der Waals surface area contributed by atoms with Crippen LogP contribution in [-0.4, -0.2) is 47.8 Å². The first kappa shape index (κ1) is 18.1. The number of nitrogens with zero attached hydrogens (tertiary/aromatic N) is 1. The largest absolute Gasteiger partial charge is 0.322 e. The Labute approximate surface area is 158 Å². The SMILES string of the molecule is O=C1CCC(N2Cc3cc(CNC4CCCCNC4)ccc3C2=O)C(=O)N1. The zero-order valence-electron chi connectivity index (χ0n) is 15.4. The van der Waals surface area contributed by atoms with Gasteiger partial charge in [0.25, 0.3) is 5.91 Å². The highest BCUT2D eigenvalue weighted by Crippen LogP contribution is 2.28. The first-order valence-electron chi connectivity index (χ1n) is 9.82. The van der Waals surface area contributed by atoms with Crippen LogP contribution in [0.3, 0.4) is 0 Å². The summed E-state index contributed by atoms with van der Waals surface area (Å²) in [6, 6.07) is 5.84. The van der Waals surface area contributed by atoms with Gasteiger partial charge in [-0.05, 0) is 43.0 Å². The Balaban J connectivity index is 1.41. The van der Waals surface area contributed by atoms with Crippen LogP contribution in [-0.2, 0) is 22.7 Å². The number of hydrogen-bond donors (Lipinski definition) is 3. The number of imide groups is 1. The van der Waals surface area contributed by atoms with Gasteiger partial charge in [0.15, 0.2) is 0 Å². The second kappa shape index (κ2) is 7.78. The third-order valence-electron chi connectivity index (χ3n) is 5.73. The monoisotopic (exact) mass is 370 g/mol. The van der Waals surface area contributed by atoms with E-state index in [2.05, 4.69) is 22.0 Å². The van der Waals surface area contributed by atoms with Crippen molar-refractivity contribution in [1.82, 2.24) is 20.9 Å². The maximum Gasteiger partial charge on any atom is 0.255 e. The zero-order chi connectivity index (χ0) is 18.8. The quantitative estimate of drug-likeness (QED) is 0.678. The first-order chi connectivity index (χ1) is 13.1. The van der Waals surface area contributed by atoms with E-state index >= 15 is 0 Å². The average Bonchev–Trinajstić information content (AvgIpc) is 2.83. The molecule has 0 radical (unpaired) electrons. The van der Waals surface area contributed by atoms with E-state index in [0.717, 1.165) is 30.8 Å². The summed E-state index contributed by atoms with van der Waals surface area (Å²) in [7, 11) is 0. The van der Waals surface area contributed by atoms with Gasteiger partial charge < -0.3 is 15.5 Å². The van der Waals surface area contributed by atoms with Crippen molar-refractivity contribution in [2.24, 2.45) is 0 Å². The molecule has 1 aromatic carbocycles. The van der Waals surface area contributed by atoms with E-state index in [0.29, 0.717) is 24.6 Å². The number of hydrogen-bond acceptors (Lipinski definition) is 5. The van der Waals surface area contributed by atoms with Crippen molar-refractivity contribution in [2.45, 2.75) is 57.3 Å². The summed E-state index contributed by atoms with van der Waals surface area (Å²) in [6.45, 7) is 3.29. The lowest BCUT2D eigenvalue weighted by Gasteiger charge is -2.29. The Morgan fingerprint density at radius 1 is 1.15 bits per heavy atom.